The second-order valence-electron chi connectivity index (χ2n) is 2.77. The van der Waals surface area contributed by atoms with Gasteiger partial charge in [0.05, 0.1) is 0 Å². The van der Waals surface area contributed by atoms with Gasteiger partial charge in [0.1, 0.15) is 18.1 Å². The Bertz CT molecular complexity index is 261. The fraction of sp³-hybridized carbons (Fsp3) is 0.333. The average Bonchev–Trinajstić information content (AvgIpc) is 2.08. The molecule has 3 nitrogen and oxygen atoms in total. The number of hydrogen-bond donors (Lipinski definition) is 2. The Hall–Kier alpha value is -0.330. The van der Waals surface area contributed by atoms with Gasteiger partial charge in [-0.1, -0.05) is 0 Å². The van der Waals surface area contributed by atoms with Crippen molar-refractivity contribution < 1.29 is 9.84 Å². The van der Waals surface area contributed by atoms with E-state index in [2.05, 4.69) is 22.6 Å². The van der Waals surface area contributed by atoms with Gasteiger partial charge < -0.3 is 15.6 Å². The normalized spacial score (nSPS) is 15.1. The zero-order chi connectivity index (χ0) is 9.84. The van der Waals surface area contributed by atoms with Crippen molar-refractivity contribution in [3.63, 3.8) is 0 Å². The maximum Gasteiger partial charge on any atom is 0.139 e. The van der Waals surface area contributed by atoms with E-state index in [1.165, 1.54) is 0 Å². The van der Waals surface area contributed by atoms with Gasteiger partial charge in [-0.25, -0.2) is 0 Å². The number of aliphatic hydroxyl groups excluding tert-OH is 1. The van der Waals surface area contributed by atoms with Crippen LogP contribution in [0.2, 0.25) is 0 Å². The van der Waals surface area contributed by atoms with Gasteiger partial charge in [0, 0.05) is 3.57 Å². The molecular formula is C9H12INO2. The van der Waals surface area contributed by atoms with E-state index in [0.29, 0.717) is 0 Å². The maximum absolute atomic E-state index is 8.99. The lowest BCUT2D eigenvalue weighted by Gasteiger charge is -2.16. The summed E-state index contributed by atoms with van der Waals surface area (Å²) in [6.07, 6.45) is -1.33. The summed E-state index contributed by atoms with van der Waals surface area (Å²) in [6.45, 7) is 1.72. The molecular weight excluding hydrogens is 281 g/mol. The van der Waals surface area contributed by atoms with Crippen LogP contribution < -0.4 is 10.5 Å². The van der Waals surface area contributed by atoms with Crippen molar-refractivity contribution in [1.29, 1.82) is 0 Å². The molecule has 0 saturated heterocycles. The molecule has 4 heteroatoms. The number of halogens is 1. The highest BCUT2D eigenvalue weighted by Crippen LogP contribution is 2.15. The highest BCUT2D eigenvalue weighted by Gasteiger charge is 2.09. The van der Waals surface area contributed by atoms with Gasteiger partial charge in [-0.2, -0.15) is 0 Å². The van der Waals surface area contributed by atoms with Crippen molar-refractivity contribution >= 4 is 22.6 Å². The summed E-state index contributed by atoms with van der Waals surface area (Å²) >= 11 is 2.21. The second-order valence-corrected chi connectivity index (χ2v) is 4.01. The minimum Gasteiger partial charge on any atom is -0.487 e. The molecule has 2 atom stereocenters. The summed E-state index contributed by atoms with van der Waals surface area (Å²) in [5.74, 6) is 0.720. The Labute approximate surface area is 91.0 Å². The summed E-state index contributed by atoms with van der Waals surface area (Å²) in [4.78, 5) is 0. The summed E-state index contributed by atoms with van der Waals surface area (Å²) in [5, 5.41) is 8.99. The van der Waals surface area contributed by atoms with Gasteiger partial charge >= 0.3 is 0 Å². The summed E-state index contributed by atoms with van der Waals surface area (Å²) in [5.41, 5.74) is 5.24. The third-order valence-corrected chi connectivity index (χ3v) is 2.34. The van der Waals surface area contributed by atoms with Crippen molar-refractivity contribution in [3.05, 3.63) is 27.8 Å². The topological polar surface area (TPSA) is 55.5 Å². The van der Waals surface area contributed by atoms with E-state index in [9.17, 15) is 0 Å². The van der Waals surface area contributed by atoms with Crippen LogP contribution in [-0.4, -0.2) is 17.4 Å². The largest absolute Gasteiger partial charge is 0.487 e. The van der Waals surface area contributed by atoms with Gasteiger partial charge in [0.2, 0.25) is 0 Å². The highest BCUT2D eigenvalue weighted by atomic mass is 127. The van der Waals surface area contributed by atoms with Crippen LogP contribution in [0.25, 0.3) is 0 Å². The lowest BCUT2D eigenvalue weighted by molar-refractivity contribution is 0.0521. The maximum atomic E-state index is 8.99. The molecule has 0 aromatic heterocycles. The molecule has 0 spiro atoms. The molecule has 1 aromatic carbocycles. The molecule has 0 saturated carbocycles. The van der Waals surface area contributed by atoms with Crippen LogP contribution in [0.5, 0.6) is 5.75 Å². The van der Waals surface area contributed by atoms with E-state index >= 15 is 0 Å². The van der Waals surface area contributed by atoms with Crippen LogP contribution in [0, 0.1) is 3.57 Å². The first-order valence-electron chi connectivity index (χ1n) is 3.95. The fourth-order valence-electron chi connectivity index (χ4n) is 0.798. The molecule has 1 aromatic rings. The molecule has 13 heavy (non-hydrogen) atoms. The van der Waals surface area contributed by atoms with E-state index in [0.717, 1.165) is 9.32 Å². The molecule has 0 fully saturated rings. The van der Waals surface area contributed by atoms with Crippen LogP contribution in [0.4, 0.5) is 0 Å². The molecule has 2 unspecified atom stereocenters. The van der Waals surface area contributed by atoms with Crippen LogP contribution >= 0.6 is 22.6 Å². The number of aliphatic hydroxyl groups is 1. The Morgan fingerprint density at radius 3 is 2.38 bits per heavy atom. The monoisotopic (exact) mass is 293 g/mol. The zero-order valence-corrected chi connectivity index (χ0v) is 9.43. The van der Waals surface area contributed by atoms with Gasteiger partial charge in [0.15, 0.2) is 0 Å². The zero-order valence-electron chi connectivity index (χ0n) is 7.27. The smallest absolute Gasteiger partial charge is 0.139 e. The third-order valence-electron chi connectivity index (χ3n) is 1.62. The van der Waals surface area contributed by atoms with Gasteiger partial charge in [0.25, 0.3) is 0 Å². The van der Waals surface area contributed by atoms with Crippen molar-refractivity contribution in [2.45, 2.75) is 19.3 Å². The molecule has 0 heterocycles. The first kappa shape index (κ1) is 10.7. The predicted molar refractivity (Wildman–Crippen MR) is 59.4 cm³/mol. The van der Waals surface area contributed by atoms with Crippen molar-refractivity contribution in [3.8, 4) is 5.75 Å². The Morgan fingerprint density at radius 2 is 1.92 bits per heavy atom. The van der Waals surface area contributed by atoms with Gasteiger partial charge in [-0.3, -0.25) is 0 Å². The van der Waals surface area contributed by atoms with Gasteiger partial charge in [-0.05, 0) is 53.8 Å². The standard InChI is InChI=1S/C9H12INO2/c1-6(9(11)12)13-8-4-2-7(10)3-5-8/h2-6,9,12H,11H2,1H3. The number of ether oxygens (including phenoxy) is 1. The predicted octanol–water partition coefficient (Wildman–Crippen LogP) is 1.34. The third kappa shape index (κ3) is 3.50. The molecule has 3 N–H and O–H groups in total. The van der Waals surface area contributed by atoms with Crippen LogP contribution in [-0.2, 0) is 0 Å². The quantitative estimate of drug-likeness (QED) is 0.653. The van der Waals surface area contributed by atoms with E-state index < -0.39 is 6.23 Å². The van der Waals surface area contributed by atoms with E-state index in [-0.39, 0.29) is 6.10 Å². The molecule has 0 aliphatic heterocycles. The number of hydrogen-bond acceptors (Lipinski definition) is 3. The van der Waals surface area contributed by atoms with Crippen LogP contribution in [0.15, 0.2) is 24.3 Å². The van der Waals surface area contributed by atoms with Crippen LogP contribution in [0.1, 0.15) is 6.92 Å². The first-order valence-corrected chi connectivity index (χ1v) is 5.03. The van der Waals surface area contributed by atoms with E-state index in [1.54, 1.807) is 6.92 Å². The van der Waals surface area contributed by atoms with E-state index in [1.807, 2.05) is 24.3 Å². The van der Waals surface area contributed by atoms with E-state index in [4.69, 9.17) is 15.6 Å². The number of rotatable bonds is 3. The van der Waals surface area contributed by atoms with Crippen LogP contribution in [0.3, 0.4) is 0 Å². The molecule has 0 amide bonds. The SMILES string of the molecule is CC(Oc1ccc(I)cc1)C(N)O. The molecule has 0 radical (unpaired) electrons. The number of benzene rings is 1. The van der Waals surface area contributed by atoms with Crippen molar-refractivity contribution in [2.24, 2.45) is 5.73 Å². The second kappa shape index (κ2) is 4.78. The van der Waals surface area contributed by atoms with Gasteiger partial charge in [-0.15, -0.1) is 0 Å². The minimum atomic E-state index is -0.945. The molecule has 1 rings (SSSR count). The number of nitrogens with two attached hydrogens (primary N) is 1. The summed E-state index contributed by atoms with van der Waals surface area (Å²) in [6, 6.07) is 7.57. The highest BCUT2D eigenvalue weighted by molar-refractivity contribution is 14.1. The Balaban J connectivity index is 2.59. The summed E-state index contributed by atoms with van der Waals surface area (Å²) in [7, 11) is 0. The fourth-order valence-corrected chi connectivity index (χ4v) is 1.16. The lowest BCUT2D eigenvalue weighted by Crippen LogP contribution is -2.36. The molecule has 72 valence electrons. The molecule has 0 aliphatic rings. The van der Waals surface area contributed by atoms with Crippen molar-refractivity contribution in [1.82, 2.24) is 0 Å². The lowest BCUT2D eigenvalue weighted by atomic mass is 10.3. The Morgan fingerprint density at radius 1 is 1.38 bits per heavy atom. The first-order chi connectivity index (χ1) is 6.09. The molecule has 0 bridgehead atoms. The Kier molecular flexibility index (Phi) is 3.95. The average molecular weight is 293 g/mol. The minimum absolute atomic E-state index is 0.389. The van der Waals surface area contributed by atoms with Crippen molar-refractivity contribution in [2.75, 3.05) is 0 Å². The summed E-state index contributed by atoms with van der Waals surface area (Å²) < 4.78 is 6.50. The molecule has 0 aliphatic carbocycles.